The average Bonchev–Trinajstić information content (AvgIpc) is 3.19. The minimum absolute atomic E-state index is 0.315. The van der Waals surface area contributed by atoms with Crippen molar-refractivity contribution in [3.63, 3.8) is 0 Å². The molecule has 6 nitrogen and oxygen atoms in total. The molecule has 4 heterocycles. The van der Waals surface area contributed by atoms with Crippen LogP contribution in [0.5, 0.6) is 0 Å². The van der Waals surface area contributed by atoms with Gasteiger partial charge in [0.05, 0.1) is 0 Å². The molecule has 2 N–H and O–H groups in total. The fourth-order valence-corrected chi connectivity index (χ4v) is 2.66. The molecule has 0 aliphatic carbocycles. The molecule has 0 unspecified atom stereocenters. The van der Waals surface area contributed by atoms with Crippen LogP contribution in [0.25, 0.3) is 27.8 Å². The van der Waals surface area contributed by atoms with Gasteiger partial charge in [-0.25, -0.2) is 14.4 Å². The lowest BCUT2D eigenvalue weighted by atomic mass is 10.1. The highest BCUT2D eigenvalue weighted by molar-refractivity contribution is 5.93. The summed E-state index contributed by atoms with van der Waals surface area (Å²) in [5, 5.41) is 4.05. The second kappa shape index (κ2) is 5.59. The summed E-state index contributed by atoms with van der Waals surface area (Å²) < 4.78 is 15.8. The van der Waals surface area contributed by atoms with Crippen LogP contribution in [0.2, 0.25) is 0 Å². The summed E-state index contributed by atoms with van der Waals surface area (Å²) in [5.41, 5.74) is 2.64. The molecular weight excluding hydrogens is 307 g/mol. The topological polar surface area (TPSA) is 70.9 Å². The van der Waals surface area contributed by atoms with E-state index in [4.69, 9.17) is 0 Å². The molecular formula is C17H17FN6. The second-order valence-electron chi connectivity index (χ2n) is 6.17. The number of rotatable bonds is 4. The SMILES string of the molecule is CC(C)CNc1ncc2c(-c3cc(F)c4nccn4c3)c[nH]c2n1. The van der Waals surface area contributed by atoms with Crippen molar-refractivity contribution in [3.8, 4) is 11.1 Å². The fourth-order valence-electron chi connectivity index (χ4n) is 2.66. The summed E-state index contributed by atoms with van der Waals surface area (Å²) in [6, 6.07) is 1.48. The van der Waals surface area contributed by atoms with Crippen LogP contribution in [0.15, 0.2) is 37.1 Å². The first-order chi connectivity index (χ1) is 11.6. The lowest BCUT2D eigenvalue weighted by Gasteiger charge is -2.07. The predicted octanol–water partition coefficient (Wildman–Crippen LogP) is 3.48. The summed E-state index contributed by atoms with van der Waals surface area (Å²) >= 11 is 0. The van der Waals surface area contributed by atoms with Gasteiger partial charge in [0.2, 0.25) is 5.95 Å². The highest BCUT2D eigenvalue weighted by Crippen LogP contribution is 2.29. The molecule has 24 heavy (non-hydrogen) atoms. The number of nitrogens with zero attached hydrogens (tertiary/aromatic N) is 4. The number of aromatic amines is 1. The molecule has 0 radical (unpaired) electrons. The van der Waals surface area contributed by atoms with E-state index in [1.165, 1.54) is 6.07 Å². The van der Waals surface area contributed by atoms with E-state index in [0.717, 1.165) is 28.7 Å². The third-order valence-corrected chi connectivity index (χ3v) is 3.85. The molecule has 4 rings (SSSR count). The van der Waals surface area contributed by atoms with Crippen molar-refractivity contribution in [1.29, 1.82) is 0 Å². The Hall–Kier alpha value is -2.96. The normalized spacial score (nSPS) is 11.7. The van der Waals surface area contributed by atoms with E-state index in [9.17, 15) is 4.39 Å². The van der Waals surface area contributed by atoms with Crippen molar-refractivity contribution in [1.82, 2.24) is 24.3 Å². The number of anilines is 1. The molecule has 0 aliphatic rings. The molecule has 4 aromatic heterocycles. The van der Waals surface area contributed by atoms with Gasteiger partial charge in [0, 0.05) is 54.0 Å². The van der Waals surface area contributed by atoms with Gasteiger partial charge in [-0.15, -0.1) is 0 Å². The number of hydrogen-bond donors (Lipinski definition) is 2. The summed E-state index contributed by atoms with van der Waals surface area (Å²) in [4.78, 5) is 16.0. The minimum atomic E-state index is -0.358. The van der Waals surface area contributed by atoms with Gasteiger partial charge < -0.3 is 14.7 Å². The second-order valence-corrected chi connectivity index (χ2v) is 6.17. The van der Waals surface area contributed by atoms with Crippen LogP contribution in [-0.2, 0) is 0 Å². The van der Waals surface area contributed by atoms with Crippen molar-refractivity contribution in [2.45, 2.75) is 13.8 Å². The lowest BCUT2D eigenvalue weighted by Crippen LogP contribution is -2.10. The van der Waals surface area contributed by atoms with Gasteiger partial charge in [0.1, 0.15) is 5.65 Å². The lowest BCUT2D eigenvalue weighted by molar-refractivity contribution is 0.630. The van der Waals surface area contributed by atoms with E-state index in [0.29, 0.717) is 17.5 Å². The van der Waals surface area contributed by atoms with E-state index >= 15 is 0 Å². The van der Waals surface area contributed by atoms with Crippen molar-refractivity contribution in [3.05, 3.63) is 42.9 Å². The number of imidazole rings is 1. The Labute approximate surface area is 137 Å². The monoisotopic (exact) mass is 324 g/mol. The molecule has 0 atom stereocenters. The van der Waals surface area contributed by atoms with E-state index in [2.05, 4.69) is 39.1 Å². The maximum atomic E-state index is 14.2. The van der Waals surface area contributed by atoms with Crippen molar-refractivity contribution in [2.75, 3.05) is 11.9 Å². The summed E-state index contributed by atoms with van der Waals surface area (Å²) in [7, 11) is 0. The van der Waals surface area contributed by atoms with Crippen molar-refractivity contribution in [2.24, 2.45) is 5.92 Å². The van der Waals surface area contributed by atoms with E-state index in [1.54, 1.807) is 23.0 Å². The maximum Gasteiger partial charge on any atom is 0.224 e. The summed E-state index contributed by atoms with van der Waals surface area (Å²) in [6.07, 6.45) is 8.73. The molecule has 4 aromatic rings. The van der Waals surface area contributed by atoms with Crippen LogP contribution in [-0.4, -0.2) is 30.9 Å². The summed E-state index contributed by atoms with van der Waals surface area (Å²) in [6.45, 7) is 5.06. The zero-order valence-corrected chi connectivity index (χ0v) is 13.4. The Morgan fingerprint density at radius 3 is 3.04 bits per heavy atom. The molecule has 0 fully saturated rings. The number of fused-ring (bicyclic) bond motifs is 2. The largest absolute Gasteiger partial charge is 0.354 e. The third kappa shape index (κ3) is 2.47. The number of hydrogen-bond acceptors (Lipinski definition) is 4. The zero-order chi connectivity index (χ0) is 16.7. The Kier molecular flexibility index (Phi) is 3.41. The molecule has 0 amide bonds. The third-order valence-electron chi connectivity index (χ3n) is 3.85. The van der Waals surface area contributed by atoms with Crippen LogP contribution in [0.1, 0.15) is 13.8 Å². The molecule has 0 aromatic carbocycles. The maximum absolute atomic E-state index is 14.2. The minimum Gasteiger partial charge on any atom is -0.354 e. The van der Waals surface area contributed by atoms with Crippen molar-refractivity contribution < 1.29 is 4.39 Å². The Morgan fingerprint density at radius 1 is 1.33 bits per heavy atom. The van der Waals surface area contributed by atoms with Gasteiger partial charge in [-0.2, -0.15) is 4.98 Å². The van der Waals surface area contributed by atoms with Crippen LogP contribution >= 0.6 is 0 Å². The zero-order valence-electron chi connectivity index (χ0n) is 13.4. The number of pyridine rings is 1. The first-order valence-electron chi connectivity index (χ1n) is 7.82. The molecule has 0 spiro atoms. The first-order valence-corrected chi connectivity index (χ1v) is 7.82. The summed E-state index contributed by atoms with van der Waals surface area (Å²) in [5.74, 6) is 0.734. The molecule has 0 bridgehead atoms. The van der Waals surface area contributed by atoms with Gasteiger partial charge in [0.25, 0.3) is 0 Å². The van der Waals surface area contributed by atoms with E-state index in [-0.39, 0.29) is 5.82 Å². The highest BCUT2D eigenvalue weighted by Gasteiger charge is 2.12. The van der Waals surface area contributed by atoms with E-state index in [1.807, 2.05) is 12.4 Å². The molecule has 122 valence electrons. The van der Waals surface area contributed by atoms with Gasteiger partial charge >= 0.3 is 0 Å². The smallest absolute Gasteiger partial charge is 0.224 e. The quantitative estimate of drug-likeness (QED) is 0.603. The molecule has 0 aliphatic heterocycles. The number of H-pyrrole nitrogens is 1. The van der Waals surface area contributed by atoms with Gasteiger partial charge in [-0.3, -0.25) is 0 Å². The average molecular weight is 324 g/mol. The first kappa shape index (κ1) is 14.6. The number of halogens is 1. The van der Waals surface area contributed by atoms with Crippen molar-refractivity contribution >= 4 is 22.6 Å². The van der Waals surface area contributed by atoms with Crippen LogP contribution in [0.4, 0.5) is 10.3 Å². The van der Waals surface area contributed by atoms with Crippen LogP contribution < -0.4 is 5.32 Å². The van der Waals surface area contributed by atoms with Gasteiger partial charge in [0.15, 0.2) is 11.5 Å². The fraction of sp³-hybridized carbons (Fsp3) is 0.235. The van der Waals surface area contributed by atoms with Gasteiger partial charge in [-0.05, 0) is 12.0 Å². The van der Waals surface area contributed by atoms with Crippen LogP contribution in [0, 0.1) is 11.7 Å². The molecule has 0 saturated carbocycles. The molecule has 7 heteroatoms. The number of nitrogens with one attached hydrogen (secondary N) is 2. The number of aromatic nitrogens is 5. The van der Waals surface area contributed by atoms with Crippen LogP contribution in [0.3, 0.4) is 0 Å². The standard InChI is InChI=1S/C17H17FN6/c1-10(2)6-21-17-22-8-13-12(7-20-15(13)23-17)11-5-14(18)16-19-3-4-24(16)9-11/h3-5,7-10H,6H2,1-2H3,(H2,20,21,22,23). The molecule has 0 saturated heterocycles. The Bertz CT molecular complexity index is 1020. The van der Waals surface area contributed by atoms with Gasteiger partial charge in [-0.1, -0.05) is 13.8 Å². The Morgan fingerprint density at radius 2 is 2.21 bits per heavy atom. The van der Waals surface area contributed by atoms with E-state index < -0.39 is 0 Å². The highest BCUT2D eigenvalue weighted by atomic mass is 19.1. The predicted molar refractivity (Wildman–Crippen MR) is 91.4 cm³/mol. The Balaban J connectivity index is 1.76.